The van der Waals surface area contributed by atoms with Gasteiger partial charge in [-0.15, -0.1) is 0 Å². The van der Waals surface area contributed by atoms with Crippen molar-refractivity contribution in [2.75, 3.05) is 52.9 Å². The Labute approximate surface area is 159 Å². The van der Waals surface area contributed by atoms with Gasteiger partial charge in [0.1, 0.15) is 0 Å². The lowest BCUT2D eigenvalue weighted by Crippen LogP contribution is -2.60. The van der Waals surface area contributed by atoms with Gasteiger partial charge in [0.15, 0.2) is 0 Å². The van der Waals surface area contributed by atoms with Gasteiger partial charge in [-0.2, -0.15) is 0 Å². The van der Waals surface area contributed by atoms with Gasteiger partial charge in [0.25, 0.3) is 0 Å². The summed E-state index contributed by atoms with van der Waals surface area (Å²) in [5.41, 5.74) is 1.48. The zero-order valence-electron chi connectivity index (χ0n) is 17.6. The fourth-order valence-corrected chi connectivity index (χ4v) is 4.64. The molecular weight excluding hydrogens is 326 g/mol. The van der Waals surface area contributed by atoms with E-state index in [0.717, 1.165) is 56.7 Å². The summed E-state index contributed by atoms with van der Waals surface area (Å²) >= 11 is 0. The molecule has 3 atom stereocenters. The minimum atomic E-state index is 0.172. The molecule has 1 heterocycles. The Hall–Kier alpha value is -1.36. The van der Waals surface area contributed by atoms with Crippen LogP contribution in [0.4, 0.5) is 0 Å². The van der Waals surface area contributed by atoms with Crippen molar-refractivity contribution in [3.8, 4) is 0 Å². The maximum atomic E-state index is 12.3. The molecule has 5 nitrogen and oxygen atoms in total. The van der Waals surface area contributed by atoms with Gasteiger partial charge in [0.2, 0.25) is 11.8 Å². The third-order valence-electron chi connectivity index (χ3n) is 6.65. The Morgan fingerprint density at radius 1 is 1.23 bits per heavy atom. The monoisotopic (exact) mass is 364 g/mol. The molecule has 2 rings (SSSR count). The largest absolute Gasteiger partial charge is 0.337 e. The van der Waals surface area contributed by atoms with E-state index >= 15 is 0 Å². The summed E-state index contributed by atoms with van der Waals surface area (Å²) in [4.78, 5) is 27.8. The van der Waals surface area contributed by atoms with Gasteiger partial charge in [0, 0.05) is 20.4 Å². The second-order valence-corrected chi connectivity index (χ2v) is 8.98. The highest BCUT2D eigenvalue weighted by atomic mass is 16.2. The number of nitrogens with zero attached hydrogens (tertiary/aromatic N) is 3. The first kappa shape index (κ1) is 20.9. The van der Waals surface area contributed by atoms with Crippen LogP contribution in [0.2, 0.25) is 0 Å². The van der Waals surface area contributed by atoms with E-state index in [1.807, 2.05) is 4.90 Å². The Balaban J connectivity index is 1.93. The summed E-state index contributed by atoms with van der Waals surface area (Å²) in [5, 5.41) is 0. The van der Waals surface area contributed by atoms with Crippen LogP contribution in [0.1, 0.15) is 41.0 Å². The zero-order chi connectivity index (χ0) is 19.5. The lowest BCUT2D eigenvalue weighted by molar-refractivity contribution is -0.912. The van der Waals surface area contributed by atoms with Gasteiger partial charge in [-0.1, -0.05) is 25.5 Å². The van der Waals surface area contributed by atoms with Crippen molar-refractivity contribution in [2.45, 2.75) is 41.0 Å². The standard InChI is InChI=1S/C21H38N3O2/c1-16-13-17(2)21(18(3)14-16)15-23(20(5)26)9-12-24(6)10-7-22(8-11-24)19(4)25/h13,17-18,21H,7-12,14-15H2,1-6H3/q+1/t17-,18-,21-/m0/s1. The first-order valence-corrected chi connectivity index (χ1v) is 10.1. The molecular formula is C21H38N3O2+. The zero-order valence-corrected chi connectivity index (χ0v) is 17.6. The molecule has 148 valence electrons. The normalized spacial score (nSPS) is 28.5. The van der Waals surface area contributed by atoms with Gasteiger partial charge in [-0.3, -0.25) is 9.59 Å². The molecule has 0 unspecified atom stereocenters. The fraction of sp³-hybridized carbons (Fsp3) is 0.810. The average Bonchev–Trinajstić information content (AvgIpc) is 2.53. The quantitative estimate of drug-likeness (QED) is 0.555. The van der Waals surface area contributed by atoms with E-state index in [0.29, 0.717) is 17.8 Å². The molecule has 0 saturated carbocycles. The van der Waals surface area contributed by atoms with Crippen LogP contribution >= 0.6 is 0 Å². The summed E-state index contributed by atoms with van der Waals surface area (Å²) < 4.78 is 0.947. The number of carbonyl (C=O) groups is 2. The molecule has 1 saturated heterocycles. The Morgan fingerprint density at radius 2 is 1.85 bits per heavy atom. The van der Waals surface area contributed by atoms with E-state index < -0.39 is 0 Å². The van der Waals surface area contributed by atoms with E-state index in [4.69, 9.17) is 0 Å². The summed E-state index contributed by atoms with van der Waals surface area (Å²) in [6.45, 7) is 16.4. The highest BCUT2D eigenvalue weighted by Gasteiger charge is 2.32. The van der Waals surface area contributed by atoms with Gasteiger partial charge >= 0.3 is 0 Å². The SMILES string of the molecule is CC(=O)N1CC[N+](C)(CCN(C[C@H]2[C@@H](C)C=C(C)C[C@@H]2C)C(C)=O)CC1. The minimum Gasteiger partial charge on any atom is -0.337 e. The summed E-state index contributed by atoms with van der Waals surface area (Å²) in [6.07, 6.45) is 3.53. The number of likely N-dealkylation sites (N-methyl/N-ethyl adjacent to an activating group) is 1. The van der Waals surface area contributed by atoms with Crippen LogP contribution in [0.5, 0.6) is 0 Å². The van der Waals surface area contributed by atoms with Crippen LogP contribution in [-0.2, 0) is 9.59 Å². The number of carbonyl (C=O) groups excluding carboxylic acids is 2. The van der Waals surface area contributed by atoms with Crippen molar-refractivity contribution in [2.24, 2.45) is 17.8 Å². The Bertz CT molecular complexity index is 549. The molecule has 0 N–H and O–H groups in total. The molecule has 0 aromatic rings. The number of hydrogen-bond acceptors (Lipinski definition) is 2. The predicted octanol–water partition coefficient (Wildman–Crippen LogP) is 2.38. The number of hydrogen-bond donors (Lipinski definition) is 0. The first-order valence-electron chi connectivity index (χ1n) is 10.1. The minimum absolute atomic E-state index is 0.172. The second kappa shape index (κ2) is 8.55. The van der Waals surface area contributed by atoms with Gasteiger partial charge < -0.3 is 14.3 Å². The smallest absolute Gasteiger partial charge is 0.219 e. The number of quaternary nitrogens is 1. The van der Waals surface area contributed by atoms with E-state index in [1.165, 1.54) is 5.57 Å². The van der Waals surface area contributed by atoms with Crippen LogP contribution in [0.15, 0.2) is 11.6 Å². The van der Waals surface area contributed by atoms with Crippen molar-refractivity contribution in [3.05, 3.63) is 11.6 Å². The van der Waals surface area contributed by atoms with Crippen LogP contribution in [0.3, 0.4) is 0 Å². The number of piperazine rings is 1. The van der Waals surface area contributed by atoms with E-state index in [9.17, 15) is 9.59 Å². The summed E-state index contributed by atoms with van der Waals surface area (Å²) in [7, 11) is 2.26. The lowest BCUT2D eigenvalue weighted by Gasteiger charge is -2.43. The maximum Gasteiger partial charge on any atom is 0.219 e. The fourth-order valence-electron chi connectivity index (χ4n) is 4.64. The van der Waals surface area contributed by atoms with E-state index in [-0.39, 0.29) is 11.8 Å². The molecule has 1 fully saturated rings. The topological polar surface area (TPSA) is 40.6 Å². The maximum absolute atomic E-state index is 12.3. The van der Waals surface area contributed by atoms with E-state index in [1.54, 1.807) is 13.8 Å². The van der Waals surface area contributed by atoms with E-state index in [2.05, 4.69) is 38.8 Å². The van der Waals surface area contributed by atoms with Gasteiger partial charge in [-0.25, -0.2) is 0 Å². The molecule has 0 aromatic carbocycles. The molecule has 0 spiro atoms. The molecule has 26 heavy (non-hydrogen) atoms. The first-order chi connectivity index (χ1) is 12.1. The number of rotatable bonds is 5. The molecule has 2 amide bonds. The molecule has 0 radical (unpaired) electrons. The van der Waals surface area contributed by atoms with Crippen molar-refractivity contribution in [1.29, 1.82) is 0 Å². The highest BCUT2D eigenvalue weighted by molar-refractivity contribution is 5.73. The van der Waals surface area contributed by atoms with Crippen LogP contribution in [0.25, 0.3) is 0 Å². The Morgan fingerprint density at radius 3 is 2.35 bits per heavy atom. The second-order valence-electron chi connectivity index (χ2n) is 8.98. The van der Waals surface area contributed by atoms with Crippen LogP contribution in [-0.4, -0.2) is 79.0 Å². The molecule has 5 heteroatoms. The number of allylic oxidation sites excluding steroid dienone is 2. The Kier molecular flexibility index (Phi) is 6.89. The third kappa shape index (κ3) is 5.32. The van der Waals surface area contributed by atoms with Gasteiger partial charge in [-0.05, 0) is 31.1 Å². The molecule has 0 bridgehead atoms. The summed E-state index contributed by atoms with van der Waals surface area (Å²) in [6, 6.07) is 0. The predicted molar refractivity (Wildman–Crippen MR) is 105 cm³/mol. The third-order valence-corrected chi connectivity index (χ3v) is 6.65. The summed E-state index contributed by atoms with van der Waals surface area (Å²) in [5.74, 6) is 2.06. The van der Waals surface area contributed by atoms with Crippen LogP contribution < -0.4 is 0 Å². The number of amides is 2. The van der Waals surface area contributed by atoms with Crippen molar-refractivity contribution < 1.29 is 14.1 Å². The van der Waals surface area contributed by atoms with Crippen LogP contribution in [0, 0.1) is 17.8 Å². The van der Waals surface area contributed by atoms with Crippen molar-refractivity contribution in [3.63, 3.8) is 0 Å². The molecule has 1 aliphatic carbocycles. The average molecular weight is 365 g/mol. The van der Waals surface area contributed by atoms with Crippen molar-refractivity contribution in [1.82, 2.24) is 9.80 Å². The molecule has 0 aromatic heterocycles. The molecule has 2 aliphatic rings. The van der Waals surface area contributed by atoms with Gasteiger partial charge in [0.05, 0.1) is 46.3 Å². The van der Waals surface area contributed by atoms with Crippen molar-refractivity contribution >= 4 is 11.8 Å². The highest BCUT2D eigenvalue weighted by Crippen LogP contribution is 2.34. The molecule has 1 aliphatic heterocycles. The lowest BCUT2D eigenvalue weighted by atomic mass is 9.75.